The van der Waals surface area contributed by atoms with Crippen LogP contribution in [0.3, 0.4) is 0 Å². The number of rotatable bonds is 3. The molecule has 0 unspecified atom stereocenters. The van der Waals surface area contributed by atoms with Gasteiger partial charge in [0.1, 0.15) is 0 Å². The number of nitrogens with zero attached hydrogens (tertiary/aromatic N) is 2. The highest BCUT2D eigenvalue weighted by Gasteiger charge is 2.13. The van der Waals surface area contributed by atoms with Gasteiger partial charge in [0.2, 0.25) is 5.95 Å². The van der Waals surface area contributed by atoms with E-state index in [2.05, 4.69) is 15.3 Å². The summed E-state index contributed by atoms with van der Waals surface area (Å²) in [7, 11) is 0. The van der Waals surface area contributed by atoms with Crippen LogP contribution < -0.4 is 11.1 Å². The smallest absolute Gasteiger partial charge is 0.222 e. The first-order chi connectivity index (χ1) is 7.38. The molecule has 1 saturated heterocycles. The van der Waals surface area contributed by atoms with E-state index in [9.17, 15) is 0 Å². The highest BCUT2D eigenvalue weighted by atomic mass is 16.5. The maximum absolute atomic E-state index is 5.47. The normalized spacial score (nSPS) is 17.7. The van der Waals surface area contributed by atoms with Crippen molar-refractivity contribution in [3.05, 3.63) is 18.0 Å². The Morgan fingerprint density at radius 3 is 2.60 bits per heavy atom. The third-order valence-electron chi connectivity index (χ3n) is 2.50. The summed E-state index contributed by atoms with van der Waals surface area (Å²) in [6, 6.07) is 0.433. The zero-order chi connectivity index (χ0) is 10.5. The lowest BCUT2D eigenvalue weighted by atomic mass is 10.1. The second-order valence-corrected chi connectivity index (χ2v) is 3.65. The summed E-state index contributed by atoms with van der Waals surface area (Å²) < 4.78 is 5.28. The van der Waals surface area contributed by atoms with Crippen LogP contribution >= 0.6 is 0 Å². The molecule has 2 rings (SSSR count). The first-order valence-electron chi connectivity index (χ1n) is 5.24. The molecule has 82 valence electrons. The number of hydrogen-bond donors (Lipinski definition) is 2. The van der Waals surface area contributed by atoms with E-state index in [-0.39, 0.29) is 0 Å². The monoisotopic (exact) mass is 208 g/mol. The molecule has 5 heteroatoms. The Balaban J connectivity index is 1.91. The van der Waals surface area contributed by atoms with E-state index in [1.165, 1.54) is 0 Å². The molecule has 0 aromatic carbocycles. The highest BCUT2D eigenvalue weighted by Crippen LogP contribution is 2.11. The second kappa shape index (κ2) is 5.04. The fourth-order valence-corrected chi connectivity index (χ4v) is 1.56. The minimum Gasteiger partial charge on any atom is -0.381 e. The van der Waals surface area contributed by atoms with Crippen molar-refractivity contribution in [1.82, 2.24) is 9.97 Å². The van der Waals surface area contributed by atoms with Gasteiger partial charge < -0.3 is 15.8 Å². The van der Waals surface area contributed by atoms with Crippen LogP contribution in [0.15, 0.2) is 12.4 Å². The minimum atomic E-state index is 0.433. The summed E-state index contributed by atoms with van der Waals surface area (Å²) in [5.41, 5.74) is 6.42. The molecule has 0 saturated carbocycles. The van der Waals surface area contributed by atoms with Gasteiger partial charge in [-0.3, -0.25) is 0 Å². The van der Waals surface area contributed by atoms with Gasteiger partial charge in [-0.1, -0.05) is 0 Å². The summed E-state index contributed by atoms with van der Waals surface area (Å²) in [6.07, 6.45) is 5.55. The average molecular weight is 208 g/mol. The molecule has 0 aliphatic carbocycles. The van der Waals surface area contributed by atoms with E-state index in [1.54, 1.807) is 12.4 Å². The molecular weight excluding hydrogens is 192 g/mol. The molecule has 0 amide bonds. The molecule has 5 nitrogen and oxygen atoms in total. The van der Waals surface area contributed by atoms with Crippen molar-refractivity contribution in [2.24, 2.45) is 5.73 Å². The summed E-state index contributed by atoms with van der Waals surface area (Å²) in [4.78, 5) is 8.40. The Morgan fingerprint density at radius 1 is 1.33 bits per heavy atom. The first-order valence-corrected chi connectivity index (χ1v) is 5.24. The predicted octanol–water partition coefficient (Wildman–Crippen LogP) is 0.526. The Bertz CT molecular complexity index is 295. The molecule has 1 aliphatic rings. The van der Waals surface area contributed by atoms with Crippen LogP contribution in [0.2, 0.25) is 0 Å². The van der Waals surface area contributed by atoms with Crippen molar-refractivity contribution in [2.75, 3.05) is 18.5 Å². The quantitative estimate of drug-likeness (QED) is 0.758. The topological polar surface area (TPSA) is 73.1 Å². The van der Waals surface area contributed by atoms with Gasteiger partial charge in [0.15, 0.2) is 0 Å². The molecule has 0 bridgehead atoms. The lowest BCUT2D eigenvalue weighted by Crippen LogP contribution is -2.28. The molecule has 1 fully saturated rings. The van der Waals surface area contributed by atoms with Crippen molar-refractivity contribution in [3.63, 3.8) is 0 Å². The van der Waals surface area contributed by atoms with E-state index in [0.29, 0.717) is 18.5 Å². The van der Waals surface area contributed by atoms with Crippen molar-refractivity contribution in [3.8, 4) is 0 Å². The Labute approximate surface area is 89.1 Å². The number of aromatic nitrogens is 2. The highest BCUT2D eigenvalue weighted by molar-refractivity contribution is 5.26. The maximum Gasteiger partial charge on any atom is 0.222 e. The lowest BCUT2D eigenvalue weighted by molar-refractivity contribution is 0.0903. The fourth-order valence-electron chi connectivity index (χ4n) is 1.56. The Morgan fingerprint density at radius 2 is 2.00 bits per heavy atom. The van der Waals surface area contributed by atoms with Gasteiger partial charge in [-0.25, -0.2) is 9.97 Å². The minimum absolute atomic E-state index is 0.433. The molecule has 0 spiro atoms. The van der Waals surface area contributed by atoms with Gasteiger partial charge in [0, 0.05) is 43.8 Å². The second-order valence-electron chi connectivity index (χ2n) is 3.65. The molecule has 1 aliphatic heterocycles. The largest absolute Gasteiger partial charge is 0.381 e. The SMILES string of the molecule is NCc1cnc(NC2CCOCC2)nc1. The van der Waals surface area contributed by atoms with Crippen molar-refractivity contribution in [2.45, 2.75) is 25.4 Å². The van der Waals surface area contributed by atoms with Gasteiger partial charge >= 0.3 is 0 Å². The van der Waals surface area contributed by atoms with Gasteiger partial charge in [-0.15, -0.1) is 0 Å². The summed E-state index contributed by atoms with van der Waals surface area (Å²) in [6.45, 7) is 2.12. The van der Waals surface area contributed by atoms with Gasteiger partial charge in [0.05, 0.1) is 0 Å². The van der Waals surface area contributed by atoms with E-state index in [1.807, 2.05) is 0 Å². The summed E-state index contributed by atoms with van der Waals surface area (Å²) >= 11 is 0. The van der Waals surface area contributed by atoms with Crippen LogP contribution in [-0.4, -0.2) is 29.2 Å². The van der Waals surface area contributed by atoms with E-state index in [0.717, 1.165) is 31.6 Å². The molecule has 0 radical (unpaired) electrons. The van der Waals surface area contributed by atoms with Crippen LogP contribution in [-0.2, 0) is 11.3 Å². The third kappa shape index (κ3) is 2.87. The molecule has 3 N–H and O–H groups in total. The van der Waals surface area contributed by atoms with Gasteiger partial charge in [-0.2, -0.15) is 0 Å². The predicted molar refractivity (Wildman–Crippen MR) is 57.4 cm³/mol. The van der Waals surface area contributed by atoms with Gasteiger partial charge in [-0.05, 0) is 12.8 Å². The molecule has 0 atom stereocenters. The van der Waals surface area contributed by atoms with E-state index in [4.69, 9.17) is 10.5 Å². The van der Waals surface area contributed by atoms with Crippen LogP contribution in [0, 0.1) is 0 Å². The lowest BCUT2D eigenvalue weighted by Gasteiger charge is -2.22. The standard InChI is InChI=1S/C10H16N4O/c11-5-8-6-12-10(13-7-8)14-9-1-3-15-4-2-9/h6-7,9H,1-5,11H2,(H,12,13,14). The Hall–Kier alpha value is -1.20. The van der Waals surface area contributed by atoms with Crippen LogP contribution in [0.1, 0.15) is 18.4 Å². The number of nitrogens with one attached hydrogen (secondary N) is 1. The van der Waals surface area contributed by atoms with Crippen molar-refractivity contribution < 1.29 is 4.74 Å². The molecule has 1 aromatic heterocycles. The summed E-state index contributed by atoms with van der Waals surface area (Å²) in [5, 5.41) is 3.29. The zero-order valence-corrected chi connectivity index (χ0v) is 8.65. The molecule has 15 heavy (non-hydrogen) atoms. The van der Waals surface area contributed by atoms with Crippen molar-refractivity contribution in [1.29, 1.82) is 0 Å². The summed E-state index contributed by atoms with van der Waals surface area (Å²) in [5.74, 6) is 0.680. The van der Waals surface area contributed by atoms with Crippen LogP contribution in [0.25, 0.3) is 0 Å². The molecule has 1 aromatic rings. The average Bonchev–Trinajstić information content (AvgIpc) is 2.31. The van der Waals surface area contributed by atoms with Crippen molar-refractivity contribution >= 4 is 5.95 Å². The molecular formula is C10H16N4O. The van der Waals surface area contributed by atoms with E-state index < -0.39 is 0 Å². The number of ether oxygens (including phenoxy) is 1. The van der Waals surface area contributed by atoms with Crippen LogP contribution in [0.5, 0.6) is 0 Å². The van der Waals surface area contributed by atoms with Gasteiger partial charge in [0.25, 0.3) is 0 Å². The third-order valence-corrected chi connectivity index (χ3v) is 2.50. The number of nitrogens with two attached hydrogens (primary N) is 1. The maximum atomic E-state index is 5.47. The fraction of sp³-hybridized carbons (Fsp3) is 0.600. The zero-order valence-electron chi connectivity index (χ0n) is 8.65. The van der Waals surface area contributed by atoms with E-state index >= 15 is 0 Å². The van der Waals surface area contributed by atoms with Crippen LogP contribution in [0.4, 0.5) is 5.95 Å². The number of anilines is 1. The Kier molecular flexibility index (Phi) is 3.47. The molecule has 2 heterocycles. The first kappa shape index (κ1) is 10.3. The number of hydrogen-bond acceptors (Lipinski definition) is 5.